The molecule has 0 saturated heterocycles. The van der Waals surface area contributed by atoms with E-state index < -0.39 is 5.41 Å². The first-order valence-electron chi connectivity index (χ1n) is 10.7. The van der Waals surface area contributed by atoms with Crippen LogP contribution in [-0.4, -0.2) is 19.8 Å². The van der Waals surface area contributed by atoms with Crippen LogP contribution in [0.3, 0.4) is 0 Å². The fourth-order valence-electron chi connectivity index (χ4n) is 3.99. The molecule has 0 aromatic heterocycles. The molecular weight excluding hydrogens is 408 g/mol. The van der Waals surface area contributed by atoms with Crippen molar-refractivity contribution < 1.29 is 14.2 Å². The van der Waals surface area contributed by atoms with E-state index >= 15 is 0 Å². The summed E-state index contributed by atoms with van der Waals surface area (Å²) < 4.78 is 16.7. The van der Waals surface area contributed by atoms with Crippen molar-refractivity contribution in [1.82, 2.24) is 0 Å². The minimum absolute atomic E-state index is 0.233. The van der Waals surface area contributed by atoms with Gasteiger partial charge in [0.1, 0.15) is 37.1 Å². The van der Waals surface area contributed by atoms with Crippen LogP contribution in [-0.2, 0) is 5.41 Å². The summed E-state index contributed by atoms with van der Waals surface area (Å²) in [6.07, 6.45) is 16.8. The summed E-state index contributed by atoms with van der Waals surface area (Å²) in [6.45, 7) is 2.87. The molecule has 0 atom stereocenters. The third kappa shape index (κ3) is 5.33. The Bertz CT molecular complexity index is 1000. The Morgan fingerprint density at radius 2 is 0.818 bits per heavy atom. The van der Waals surface area contributed by atoms with Crippen LogP contribution in [0.5, 0.6) is 17.2 Å². The summed E-state index contributed by atoms with van der Waals surface area (Å²) in [5.41, 5.74) is 2.99. The first-order chi connectivity index (χ1) is 16.2. The van der Waals surface area contributed by atoms with E-state index in [0.717, 1.165) is 40.4 Å². The van der Waals surface area contributed by atoms with Gasteiger partial charge in [-0.1, -0.05) is 61.1 Å². The molecule has 0 aliphatic carbocycles. The number of hydrogen-bond donors (Lipinski definition) is 0. The molecule has 0 aliphatic heterocycles. The molecule has 0 N–H and O–H groups in total. The highest BCUT2D eigenvalue weighted by Crippen LogP contribution is 2.43. The Labute approximate surface area is 196 Å². The number of benzene rings is 3. The molecule has 3 aromatic carbocycles. The van der Waals surface area contributed by atoms with Crippen LogP contribution < -0.4 is 14.2 Å². The van der Waals surface area contributed by atoms with E-state index in [1.807, 2.05) is 36.4 Å². The van der Waals surface area contributed by atoms with Crippen LogP contribution in [0, 0.1) is 37.0 Å². The zero-order valence-electron chi connectivity index (χ0n) is 18.7. The zero-order valence-corrected chi connectivity index (χ0v) is 18.7. The van der Waals surface area contributed by atoms with Crippen molar-refractivity contribution in [2.45, 2.75) is 18.8 Å². The second kappa shape index (κ2) is 11.4. The van der Waals surface area contributed by atoms with Gasteiger partial charge in [0.25, 0.3) is 0 Å². The Morgan fingerprint density at radius 1 is 0.545 bits per heavy atom. The second-order valence-corrected chi connectivity index (χ2v) is 7.31. The molecule has 3 heteroatoms. The van der Waals surface area contributed by atoms with E-state index in [1.165, 1.54) is 0 Å². The van der Waals surface area contributed by atoms with Gasteiger partial charge in [-0.05, 0) is 59.5 Å². The van der Waals surface area contributed by atoms with Crippen LogP contribution in [0.15, 0.2) is 72.8 Å². The maximum absolute atomic E-state index is 5.57. The molecule has 0 radical (unpaired) electrons. The van der Waals surface area contributed by atoms with E-state index in [1.54, 1.807) is 0 Å². The van der Waals surface area contributed by atoms with Crippen molar-refractivity contribution >= 4 is 0 Å². The van der Waals surface area contributed by atoms with Gasteiger partial charge in [0, 0.05) is 5.41 Å². The van der Waals surface area contributed by atoms with Crippen molar-refractivity contribution in [3.8, 4) is 54.3 Å². The summed E-state index contributed by atoms with van der Waals surface area (Å²) in [6, 6.07) is 24.2. The van der Waals surface area contributed by atoms with Gasteiger partial charge in [0.05, 0.1) is 0 Å². The minimum Gasteiger partial charge on any atom is -0.481 e. The molecule has 3 rings (SSSR count). The molecule has 0 spiro atoms. The lowest BCUT2D eigenvalue weighted by Gasteiger charge is -2.35. The van der Waals surface area contributed by atoms with E-state index in [0.29, 0.717) is 0 Å². The van der Waals surface area contributed by atoms with Gasteiger partial charge in [-0.25, -0.2) is 0 Å². The topological polar surface area (TPSA) is 27.7 Å². The number of terminal acetylenes is 3. The summed E-state index contributed by atoms with van der Waals surface area (Å²) in [7, 11) is 0. The molecule has 0 aliphatic rings. The largest absolute Gasteiger partial charge is 0.481 e. The van der Waals surface area contributed by atoms with Crippen molar-refractivity contribution in [3.63, 3.8) is 0 Å². The highest BCUT2D eigenvalue weighted by atomic mass is 16.5. The smallest absolute Gasteiger partial charge is 0.148 e. The maximum Gasteiger partial charge on any atom is 0.148 e. The first-order valence-corrected chi connectivity index (χ1v) is 10.7. The third-order valence-corrected chi connectivity index (χ3v) is 5.54. The lowest BCUT2D eigenvalue weighted by Crippen LogP contribution is -2.28. The SMILES string of the molecule is C#CCOc1ccc(C(CC)(c2ccc(OCC#C)cc2)c2ccc(OCC#C)cc2)cc1. The molecule has 0 saturated carbocycles. The number of rotatable bonds is 10. The predicted octanol–water partition coefficient (Wildman–Crippen LogP) is 5.47. The first kappa shape index (κ1) is 23.4. The lowest BCUT2D eigenvalue weighted by atomic mass is 9.67. The molecule has 0 unspecified atom stereocenters. The van der Waals surface area contributed by atoms with Crippen LogP contribution >= 0.6 is 0 Å². The molecule has 3 aromatic rings. The number of ether oxygens (including phenoxy) is 3. The second-order valence-electron chi connectivity index (χ2n) is 7.31. The standard InChI is InChI=1S/C30H26O3/c1-5-21-31-27-15-9-24(10-16-27)30(8-4,25-11-17-28(18-12-25)32-22-6-2)26-13-19-29(20-14-26)33-23-7-3/h1-3,9-20H,8,21-23H2,4H3. The number of hydrogen-bond acceptors (Lipinski definition) is 3. The van der Waals surface area contributed by atoms with Gasteiger partial charge >= 0.3 is 0 Å². The highest BCUT2D eigenvalue weighted by molar-refractivity contribution is 5.53. The van der Waals surface area contributed by atoms with Crippen LogP contribution in [0.1, 0.15) is 30.0 Å². The Balaban J connectivity index is 2.07. The maximum atomic E-state index is 5.57. The van der Waals surface area contributed by atoms with Gasteiger partial charge in [-0.3, -0.25) is 0 Å². The molecular formula is C30H26O3. The van der Waals surface area contributed by atoms with Crippen LogP contribution in [0.4, 0.5) is 0 Å². The van der Waals surface area contributed by atoms with Gasteiger partial charge in [-0.2, -0.15) is 0 Å². The normalized spacial score (nSPS) is 10.4. The fraction of sp³-hybridized carbons (Fsp3) is 0.200. The molecule has 164 valence electrons. The monoisotopic (exact) mass is 434 g/mol. The Kier molecular flexibility index (Phi) is 8.07. The summed E-state index contributed by atoms with van der Waals surface area (Å²) in [5, 5.41) is 0. The van der Waals surface area contributed by atoms with Crippen LogP contribution in [0.25, 0.3) is 0 Å². The van der Waals surface area contributed by atoms with E-state index in [9.17, 15) is 0 Å². The van der Waals surface area contributed by atoms with E-state index in [4.69, 9.17) is 33.5 Å². The van der Waals surface area contributed by atoms with Crippen molar-refractivity contribution in [2.75, 3.05) is 19.8 Å². The summed E-state index contributed by atoms with van der Waals surface area (Å²) in [4.78, 5) is 0. The van der Waals surface area contributed by atoms with Crippen LogP contribution in [0.2, 0.25) is 0 Å². The van der Waals surface area contributed by atoms with Gasteiger partial charge < -0.3 is 14.2 Å². The quantitative estimate of drug-likeness (QED) is 0.313. The molecule has 0 heterocycles. The minimum atomic E-state index is -0.403. The van der Waals surface area contributed by atoms with Gasteiger partial charge in [0.2, 0.25) is 0 Å². The fourth-order valence-corrected chi connectivity index (χ4v) is 3.99. The van der Waals surface area contributed by atoms with E-state index in [-0.39, 0.29) is 19.8 Å². The molecule has 0 bridgehead atoms. The van der Waals surface area contributed by atoms with Gasteiger partial charge in [-0.15, -0.1) is 19.3 Å². The zero-order chi connectivity index (χ0) is 23.5. The predicted molar refractivity (Wildman–Crippen MR) is 132 cm³/mol. The van der Waals surface area contributed by atoms with Crippen molar-refractivity contribution in [3.05, 3.63) is 89.5 Å². The molecule has 3 nitrogen and oxygen atoms in total. The van der Waals surface area contributed by atoms with E-state index in [2.05, 4.69) is 61.1 Å². The lowest BCUT2D eigenvalue weighted by molar-refractivity contribution is 0.369. The summed E-state index contributed by atoms with van der Waals surface area (Å²) >= 11 is 0. The van der Waals surface area contributed by atoms with Crippen molar-refractivity contribution in [1.29, 1.82) is 0 Å². The Hall–Kier alpha value is -4.26. The van der Waals surface area contributed by atoms with Gasteiger partial charge in [0.15, 0.2) is 0 Å². The average Bonchev–Trinajstić information content (AvgIpc) is 2.87. The van der Waals surface area contributed by atoms with Crippen molar-refractivity contribution in [2.24, 2.45) is 0 Å². The molecule has 33 heavy (non-hydrogen) atoms. The summed E-state index contributed by atoms with van der Waals surface area (Å²) in [5.74, 6) is 9.68. The molecule has 0 fully saturated rings. The molecule has 0 amide bonds. The average molecular weight is 435 g/mol. The highest BCUT2D eigenvalue weighted by Gasteiger charge is 2.34. The Morgan fingerprint density at radius 3 is 1.03 bits per heavy atom. The third-order valence-electron chi connectivity index (χ3n) is 5.54.